The van der Waals surface area contributed by atoms with Gasteiger partial charge in [-0.2, -0.15) is 0 Å². The van der Waals surface area contributed by atoms with E-state index in [1.54, 1.807) is 55.6 Å². The van der Waals surface area contributed by atoms with Crippen LogP contribution < -0.4 is 19.5 Å². The minimum absolute atomic E-state index is 0.00654. The number of rotatable bonds is 8. The van der Waals surface area contributed by atoms with E-state index in [9.17, 15) is 13.2 Å². The van der Waals surface area contributed by atoms with Crippen molar-refractivity contribution in [3.05, 3.63) is 78.6 Å². The third kappa shape index (κ3) is 4.93. The van der Waals surface area contributed by atoms with Gasteiger partial charge in [-0.15, -0.1) is 0 Å². The second kappa shape index (κ2) is 9.25. The molecular formula is C24H22N2O6S. The van der Waals surface area contributed by atoms with E-state index in [2.05, 4.69) is 10.0 Å². The van der Waals surface area contributed by atoms with Gasteiger partial charge < -0.3 is 19.2 Å². The van der Waals surface area contributed by atoms with E-state index in [4.69, 9.17) is 13.9 Å². The Hall–Kier alpha value is -3.98. The number of hydrogen-bond donors (Lipinski definition) is 2. The monoisotopic (exact) mass is 466 g/mol. The number of methoxy groups -OCH3 is 2. The number of para-hydroxylation sites is 2. The Balaban J connectivity index is 1.49. The Bertz CT molecular complexity index is 1410. The maximum Gasteiger partial charge on any atom is 0.262 e. The smallest absolute Gasteiger partial charge is 0.262 e. The lowest BCUT2D eigenvalue weighted by Crippen LogP contribution is -2.16. The largest absolute Gasteiger partial charge is 0.497 e. The van der Waals surface area contributed by atoms with Crippen LogP contribution >= 0.6 is 0 Å². The Morgan fingerprint density at radius 3 is 2.58 bits per heavy atom. The highest BCUT2D eigenvalue weighted by Crippen LogP contribution is 2.28. The number of hydrogen-bond acceptors (Lipinski definition) is 6. The lowest BCUT2D eigenvalue weighted by molar-refractivity contribution is -0.115. The molecule has 4 rings (SSSR count). The summed E-state index contributed by atoms with van der Waals surface area (Å²) >= 11 is 0. The molecule has 1 heterocycles. The Morgan fingerprint density at radius 1 is 0.970 bits per heavy atom. The van der Waals surface area contributed by atoms with Crippen molar-refractivity contribution in [1.82, 2.24) is 0 Å². The second-order valence-electron chi connectivity index (χ2n) is 7.18. The fourth-order valence-corrected chi connectivity index (χ4v) is 4.50. The Labute approximate surface area is 191 Å². The number of carbonyl (C=O) groups excluding carboxylic acids is 1. The molecule has 0 saturated heterocycles. The molecule has 0 saturated carbocycles. The number of nitrogens with one attached hydrogen (secondary N) is 2. The molecule has 0 unspecified atom stereocenters. The number of benzene rings is 3. The summed E-state index contributed by atoms with van der Waals surface area (Å²) in [5.41, 5.74) is 2.01. The fraction of sp³-hybridized carbons (Fsp3) is 0.125. The molecule has 1 aromatic heterocycles. The predicted molar refractivity (Wildman–Crippen MR) is 125 cm³/mol. The predicted octanol–water partition coefficient (Wildman–Crippen LogP) is 4.43. The number of fused-ring (bicyclic) bond motifs is 1. The molecule has 0 atom stereocenters. The van der Waals surface area contributed by atoms with Crippen molar-refractivity contribution in [2.45, 2.75) is 11.3 Å². The van der Waals surface area contributed by atoms with Crippen molar-refractivity contribution in [3.63, 3.8) is 0 Å². The molecule has 3 aromatic carbocycles. The summed E-state index contributed by atoms with van der Waals surface area (Å²) in [6, 6.07) is 18.1. The van der Waals surface area contributed by atoms with Crippen LogP contribution in [0, 0.1) is 0 Å². The van der Waals surface area contributed by atoms with Crippen LogP contribution in [-0.2, 0) is 21.2 Å². The van der Waals surface area contributed by atoms with E-state index >= 15 is 0 Å². The van der Waals surface area contributed by atoms with Gasteiger partial charge in [0, 0.05) is 22.7 Å². The van der Waals surface area contributed by atoms with Crippen LogP contribution in [0.4, 0.5) is 11.4 Å². The van der Waals surface area contributed by atoms with E-state index in [1.807, 2.05) is 6.07 Å². The zero-order valence-corrected chi connectivity index (χ0v) is 18.8. The molecule has 0 aliphatic rings. The molecule has 9 heteroatoms. The first-order chi connectivity index (χ1) is 15.9. The summed E-state index contributed by atoms with van der Waals surface area (Å²) in [5.74, 6) is 0.754. The standard InChI is InChI=1S/C24H22N2O6S/c1-30-18-10-11-20-16(15-32-23(20)14-18)12-24(27)25-17-6-5-7-19(13-17)33(28,29)26-21-8-3-4-9-22(21)31-2/h3-11,13-15,26H,12H2,1-2H3,(H,25,27). The van der Waals surface area contributed by atoms with Crippen LogP contribution in [0.3, 0.4) is 0 Å². The van der Waals surface area contributed by atoms with Gasteiger partial charge in [0.1, 0.15) is 17.1 Å². The zero-order valence-electron chi connectivity index (χ0n) is 18.0. The van der Waals surface area contributed by atoms with Crippen molar-refractivity contribution >= 4 is 38.3 Å². The van der Waals surface area contributed by atoms with E-state index < -0.39 is 10.0 Å². The molecule has 33 heavy (non-hydrogen) atoms. The molecule has 0 fully saturated rings. The van der Waals surface area contributed by atoms with Crippen LogP contribution in [-0.4, -0.2) is 28.5 Å². The quantitative estimate of drug-likeness (QED) is 0.398. The van der Waals surface area contributed by atoms with Gasteiger partial charge >= 0.3 is 0 Å². The van der Waals surface area contributed by atoms with Crippen molar-refractivity contribution in [2.24, 2.45) is 0 Å². The van der Waals surface area contributed by atoms with E-state index in [1.165, 1.54) is 25.5 Å². The van der Waals surface area contributed by atoms with E-state index in [0.717, 1.165) is 5.39 Å². The molecule has 0 spiro atoms. The highest BCUT2D eigenvalue weighted by Gasteiger charge is 2.18. The van der Waals surface area contributed by atoms with Gasteiger partial charge in [-0.1, -0.05) is 18.2 Å². The van der Waals surface area contributed by atoms with Gasteiger partial charge in [0.15, 0.2) is 0 Å². The highest BCUT2D eigenvalue weighted by atomic mass is 32.2. The molecule has 170 valence electrons. The summed E-state index contributed by atoms with van der Waals surface area (Å²) in [4.78, 5) is 12.6. The molecule has 2 N–H and O–H groups in total. The minimum atomic E-state index is -3.90. The summed E-state index contributed by atoms with van der Waals surface area (Å²) in [7, 11) is -0.868. The molecule has 0 radical (unpaired) electrons. The van der Waals surface area contributed by atoms with E-state index in [0.29, 0.717) is 34.0 Å². The molecule has 4 aromatic rings. The van der Waals surface area contributed by atoms with Crippen LogP contribution in [0.15, 0.2) is 82.3 Å². The summed E-state index contributed by atoms with van der Waals surface area (Å²) in [6.07, 6.45) is 1.59. The number of carbonyl (C=O) groups is 1. The second-order valence-corrected chi connectivity index (χ2v) is 8.86. The maximum atomic E-state index is 12.9. The van der Waals surface area contributed by atoms with Crippen molar-refractivity contribution in [2.75, 3.05) is 24.3 Å². The van der Waals surface area contributed by atoms with Crippen LogP contribution in [0.25, 0.3) is 11.0 Å². The number of anilines is 2. The number of ether oxygens (including phenoxy) is 2. The average Bonchev–Trinajstić information content (AvgIpc) is 3.21. The van der Waals surface area contributed by atoms with Gasteiger partial charge in [0.2, 0.25) is 5.91 Å². The summed E-state index contributed by atoms with van der Waals surface area (Å²) in [5, 5.41) is 3.55. The SMILES string of the molecule is COc1ccc2c(CC(=O)Nc3cccc(S(=O)(=O)Nc4ccccc4OC)c3)coc2c1. The normalized spacial score (nSPS) is 11.2. The summed E-state index contributed by atoms with van der Waals surface area (Å²) < 4.78 is 44.1. The van der Waals surface area contributed by atoms with E-state index in [-0.39, 0.29) is 17.2 Å². The topological polar surface area (TPSA) is 107 Å². The molecule has 1 amide bonds. The molecule has 0 bridgehead atoms. The minimum Gasteiger partial charge on any atom is -0.497 e. The van der Waals surface area contributed by atoms with Gasteiger partial charge in [0.05, 0.1) is 37.5 Å². The summed E-state index contributed by atoms with van der Waals surface area (Å²) in [6.45, 7) is 0. The number of sulfonamides is 1. The van der Waals surface area contributed by atoms with Crippen LogP contribution in [0.1, 0.15) is 5.56 Å². The van der Waals surface area contributed by atoms with Gasteiger partial charge in [-0.25, -0.2) is 8.42 Å². The van der Waals surface area contributed by atoms with Crippen LogP contribution in [0.5, 0.6) is 11.5 Å². The first kappa shape index (κ1) is 22.2. The zero-order chi connectivity index (χ0) is 23.4. The van der Waals surface area contributed by atoms with Gasteiger partial charge in [-0.3, -0.25) is 9.52 Å². The lowest BCUT2D eigenvalue weighted by atomic mass is 10.1. The van der Waals surface area contributed by atoms with Gasteiger partial charge in [-0.05, 0) is 42.5 Å². The third-order valence-corrected chi connectivity index (χ3v) is 6.36. The Kier molecular flexibility index (Phi) is 6.23. The number of furan rings is 1. The molecule has 0 aliphatic heterocycles. The van der Waals surface area contributed by atoms with Crippen molar-refractivity contribution in [1.29, 1.82) is 0 Å². The van der Waals surface area contributed by atoms with Crippen molar-refractivity contribution < 1.29 is 27.1 Å². The molecular weight excluding hydrogens is 444 g/mol. The lowest BCUT2D eigenvalue weighted by Gasteiger charge is -2.12. The molecule has 0 aliphatic carbocycles. The first-order valence-electron chi connectivity index (χ1n) is 9.99. The average molecular weight is 467 g/mol. The Morgan fingerprint density at radius 2 is 1.79 bits per heavy atom. The van der Waals surface area contributed by atoms with Crippen LogP contribution in [0.2, 0.25) is 0 Å². The maximum absolute atomic E-state index is 12.9. The highest BCUT2D eigenvalue weighted by molar-refractivity contribution is 7.92. The molecule has 8 nitrogen and oxygen atoms in total. The fourth-order valence-electron chi connectivity index (χ4n) is 3.38. The van der Waals surface area contributed by atoms with Gasteiger partial charge in [0.25, 0.3) is 10.0 Å². The first-order valence-corrected chi connectivity index (χ1v) is 11.5. The van der Waals surface area contributed by atoms with Crippen molar-refractivity contribution in [3.8, 4) is 11.5 Å². The number of amides is 1. The third-order valence-electron chi connectivity index (χ3n) is 4.99.